The molecule has 0 amide bonds. The molecular formula is C46H78Cl2P2Ru+2. The number of fused-ring (bicyclic) bond motifs is 1. The van der Waals surface area contributed by atoms with E-state index in [0.717, 1.165) is 6.42 Å². The van der Waals surface area contributed by atoms with Gasteiger partial charge in [-0.25, -0.2) is 0 Å². The van der Waals surface area contributed by atoms with E-state index in [4.69, 9.17) is 19.4 Å². The first-order valence-corrected chi connectivity index (χ1v) is 31.6. The van der Waals surface area contributed by atoms with Crippen LogP contribution in [-0.2, 0) is 13.5 Å². The zero-order valence-corrected chi connectivity index (χ0v) is 38.1. The second-order valence-electron chi connectivity index (χ2n) is 18.3. The van der Waals surface area contributed by atoms with Gasteiger partial charge in [-0.3, -0.25) is 0 Å². The fraction of sp³-hybridized carbons (Fsp3) is 0.848. The number of benzene rings is 1. The quantitative estimate of drug-likeness (QED) is 0.197. The van der Waals surface area contributed by atoms with Crippen LogP contribution in [0.15, 0.2) is 24.3 Å². The molecule has 0 aliphatic heterocycles. The molecule has 7 aliphatic carbocycles. The van der Waals surface area contributed by atoms with Crippen LogP contribution in [0.5, 0.6) is 0 Å². The number of halogens is 2. The summed E-state index contributed by atoms with van der Waals surface area (Å²) in [4.78, 5) is 0. The molecule has 1 aromatic carbocycles. The van der Waals surface area contributed by atoms with Gasteiger partial charge >= 0.3 is 91.7 Å². The van der Waals surface area contributed by atoms with E-state index < -0.39 is 13.5 Å². The Kier molecular flexibility index (Phi) is 18.7. The maximum atomic E-state index is 6.05. The van der Waals surface area contributed by atoms with E-state index in [1.54, 1.807) is 193 Å². The molecule has 1 atom stereocenters. The zero-order valence-electron chi connectivity index (χ0n) is 32.9. The molecule has 1 aromatic rings. The van der Waals surface area contributed by atoms with Gasteiger partial charge in [0.05, 0.1) is 34.0 Å². The van der Waals surface area contributed by atoms with E-state index in [1.165, 1.54) is 49.2 Å². The normalized spacial score (nSPS) is 27.0. The molecule has 7 aliphatic rings. The van der Waals surface area contributed by atoms with E-state index in [-0.39, 0.29) is 15.8 Å². The molecule has 6 fully saturated rings. The molecule has 8 rings (SSSR count). The Bertz CT molecular complexity index is 1010. The van der Waals surface area contributed by atoms with Gasteiger partial charge in [0.2, 0.25) is 0 Å². The van der Waals surface area contributed by atoms with Gasteiger partial charge in [0.1, 0.15) is 0 Å². The first-order chi connectivity index (χ1) is 25.1. The molecule has 1 unspecified atom stereocenters. The second-order valence-corrected chi connectivity index (χ2v) is 31.1. The van der Waals surface area contributed by atoms with Crippen LogP contribution >= 0.6 is 35.2 Å². The van der Waals surface area contributed by atoms with Crippen LogP contribution in [-0.4, -0.2) is 38.1 Å². The standard InChI is InChI=1S/2C18H33P.C10H10.2ClH.Ru/c2*1-4-10-16(11-5-1)19(17-12-6-2-7-13-17)18-14-8-3-9-15-18;1-8-6-7-9-4-2-3-5-10(8)9;;;/h2*16-18H,1-15H2;2-5,8H,6H2,1H3;2*1H;/q;;;;;+2. The summed E-state index contributed by atoms with van der Waals surface area (Å²) in [5.41, 5.74) is 10.1. The van der Waals surface area contributed by atoms with E-state index in [2.05, 4.69) is 31.2 Å². The van der Waals surface area contributed by atoms with Crippen LogP contribution in [0, 0.1) is 0 Å². The number of hydrogen-bond donors (Lipinski definition) is 0. The molecule has 0 bridgehead atoms. The van der Waals surface area contributed by atoms with Gasteiger partial charge in [-0.15, -0.1) is 0 Å². The van der Waals surface area contributed by atoms with Crippen molar-refractivity contribution < 1.29 is 13.5 Å². The molecule has 0 saturated heterocycles. The SMILES string of the molecule is C1CCC([PH+](C2CCCCC2)C2CCCCC2)CC1.C1CCC([PH+](C2CCCCC2)C2CCCCC2)CC1.CC1C[C](=[Ru]([Cl])[Cl])c2ccccc21. The van der Waals surface area contributed by atoms with Crippen LogP contribution in [0.1, 0.15) is 223 Å². The summed E-state index contributed by atoms with van der Waals surface area (Å²) in [5, 5.41) is 0. The van der Waals surface area contributed by atoms with Crippen LogP contribution < -0.4 is 0 Å². The maximum absolute atomic E-state index is 6.05. The predicted octanol–water partition coefficient (Wildman–Crippen LogP) is 16.0. The Morgan fingerprint density at radius 1 is 0.431 bits per heavy atom. The molecule has 0 aromatic heterocycles. The van der Waals surface area contributed by atoms with Crippen LogP contribution in [0.2, 0.25) is 0 Å². The third-order valence-electron chi connectivity index (χ3n) is 14.9. The topological polar surface area (TPSA) is 0 Å². The first-order valence-electron chi connectivity index (χ1n) is 22.8. The summed E-state index contributed by atoms with van der Waals surface area (Å²) in [5.74, 6) is 0.597. The van der Waals surface area contributed by atoms with Gasteiger partial charge in [-0.2, -0.15) is 0 Å². The molecule has 0 nitrogen and oxygen atoms in total. The Labute approximate surface area is 331 Å². The summed E-state index contributed by atoms with van der Waals surface area (Å²) < 4.78 is 1.32. The minimum atomic E-state index is -1.68. The molecule has 0 spiro atoms. The van der Waals surface area contributed by atoms with Gasteiger partial charge in [-0.1, -0.05) is 38.5 Å². The van der Waals surface area contributed by atoms with Crippen molar-refractivity contribution in [3.8, 4) is 0 Å². The molecule has 292 valence electrons. The second kappa shape index (κ2) is 22.8. The van der Waals surface area contributed by atoms with Crippen molar-refractivity contribution in [2.24, 2.45) is 0 Å². The van der Waals surface area contributed by atoms with Gasteiger partial charge in [0.25, 0.3) is 0 Å². The third kappa shape index (κ3) is 12.3. The fourth-order valence-electron chi connectivity index (χ4n) is 12.4. The van der Waals surface area contributed by atoms with E-state index in [9.17, 15) is 0 Å². The first kappa shape index (κ1) is 41.8. The Hall–Kier alpha value is 1.15. The van der Waals surface area contributed by atoms with Crippen LogP contribution in [0.3, 0.4) is 0 Å². The average Bonchev–Trinajstić information content (AvgIpc) is 3.55. The van der Waals surface area contributed by atoms with Crippen molar-refractivity contribution in [2.45, 2.75) is 246 Å². The Morgan fingerprint density at radius 2 is 0.706 bits per heavy atom. The van der Waals surface area contributed by atoms with E-state index in [0.29, 0.717) is 5.92 Å². The summed E-state index contributed by atoms with van der Waals surface area (Å²) in [6.07, 6.45) is 48.6. The van der Waals surface area contributed by atoms with Crippen molar-refractivity contribution >= 4 is 39.3 Å². The molecule has 0 heterocycles. The Morgan fingerprint density at radius 3 is 0.980 bits per heavy atom. The van der Waals surface area contributed by atoms with Crippen molar-refractivity contribution in [3.05, 3.63) is 35.4 Å². The molecule has 51 heavy (non-hydrogen) atoms. The van der Waals surface area contributed by atoms with Crippen molar-refractivity contribution in [3.63, 3.8) is 0 Å². The van der Waals surface area contributed by atoms with E-state index in [1.807, 2.05) is 0 Å². The average molecular weight is 865 g/mol. The summed E-state index contributed by atoms with van der Waals surface area (Å²) in [6.45, 7) is 2.23. The molecule has 5 heteroatoms. The van der Waals surface area contributed by atoms with Gasteiger partial charge in [0.15, 0.2) is 0 Å². The van der Waals surface area contributed by atoms with Crippen molar-refractivity contribution in [1.82, 2.24) is 0 Å². The summed E-state index contributed by atoms with van der Waals surface area (Å²) in [7, 11) is 12.0. The van der Waals surface area contributed by atoms with E-state index >= 15 is 0 Å². The predicted molar refractivity (Wildman–Crippen MR) is 233 cm³/mol. The Balaban J connectivity index is 0.000000134. The molecule has 6 saturated carbocycles. The minimum absolute atomic E-state index is 0.0465. The van der Waals surface area contributed by atoms with Gasteiger partial charge in [-0.05, 0) is 154 Å². The zero-order chi connectivity index (χ0) is 35.3. The van der Waals surface area contributed by atoms with Crippen molar-refractivity contribution in [1.29, 1.82) is 0 Å². The van der Waals surface area contributed by atoms with Crippen LogP contribution in [0.25, 0.3) is 0 Å². The van der Waals surface area contributed by atoms with Crippen molar-refractivity contribution in [2.75, 3.05) is 0 Å². The summed E-state index contributed by atoms with van der Waals surface area (Å²) >= 11 is -1.68. The fourth-order valence-corrected chi connectivity index (χ4v) is 25.9. The number of hydrogen-bond acceptors (Lipinski definition) is 0. The summed E-state index contributed by atoms with van der Waals surface area (Å²) in [6, 6.07) is 8.46. The number of rotatable bonds is 6. The third-order valence-corrected chi connectivity index (χ3v) is 27.5. The monoisotopic (exact) mass is 864 g/mol. The molecule has 0 N–H and O–H groups in total. The van der Waals surface area contributed by atoms with Crippen LogP contribution in [0.4, 0.5) is 0 Å². The molecule has 0 radical (unpaired) electrons. The molecular weight excluding hydrogens is 786 g/mol. The van der Waals surface area contributed by atoms with Gasteiger partial charge < -0.3 is 0 Å². The van der Waals surface area contributed by atoms with Gasteiger partial charge in [0, 0.05) is 15.8 Å².